The highest BCUT2D eigenvalue weighted by Crippen LogP contribution is 2.34. The lowest BCUT2D eigenvalue weighted by Gasteiger charge is -2.38. The summed E-state index contributed by atoms with van der Waals surface area (Å²) in [5.74, 6) is 0.803. The molecule has 4 heterocycles. The zero-order chi connectivity index (χ0) is 20.1. The number of fused-ring (bicyclic) bond motifs is 3. The van der Waals surface area contributed by atoms with Crippen LogP contribution in [0, 0.1) is 3.70 Å². The lowest BCUT2D eigenvalue weighted by atomic mass is 10.2. The van der Waals surface area contributed by atoms with Crippen molar-refractivity contribution in [1.82, 2.24) is 24.6 Å². The second-order valence-electron chi connectivity index (χ2n) is 8.92. The van der Waals surface area contributed by atoms with Gasteiger partial charge in [-0.25, -0.2) is 14.6 Å². The van der Waals surface area contributed by atoms with Gasteiger partial charge in [-0.1, -0.05) is 19.6 Å². The van der Waals surface area contributed by atoms with E-state index in [2.05, 4.69) is 57.2 Å². The van der Waals surface area contributed by atoms with Gasteiger partial charge in [0.1, 0.15) is 27.5 Å². The molecule has 152 valence electrons. The highest BCUT2D eigenvalue weighted by molar-refractivity contribution is 14.1. The SMILES string of the molecule is CN1CC2CCC(C1=O)N2c1ncc2c(n1)c(I)nn2COCC[Si](C)(C)C. The number of likely N-dealkylation sites (tertiary alicyclic amines) is 1. The molecule has 8 nitrogen and oxygen atoms in total. The van der Waals surface area contributed by atoms with E-state index in [0.29, 0.717) is 18.7 Å². The summed E-state index contributed by atoms with van der Waals surface area (Å²) in [5, 5.41) is 4.58. The van der Waals surface area contributed by atoms with E-state index < -0.39 is 8.07 Å². The standard InChI is InChI=1S/C18H27IN6O2Si/c1-23-10-12-5-6-13(17(23)26)25(12)18-20-9-14-15(21-18)16(19)22-24(14)11-27-7-8-28(2,3)4/h9,12-13H,5-8,10-11H2,1-4H3. The van der Waals surface area contributed by atoms with E-state index in [4.69, 9.17) is 9.72 Å². The van der Waals surface area contributed by atoms with Gasteiger partial charge >= 0.3 is 0 Å². The van der Waals surface area contributed by atoms with Gasteiger partial charge in [0.15, 0.2) is 0 Å². The predicted molar refractivity (Wildman–Crippen MR) is 119 cm³/mol. The van der Waals surface area contributed by atoms with Crippen LogP contribution in [0.4, 0.5) is 5.95 Å². The monoisotopic (exact) mass is 514 g/mol. The predicted octanol–water partition coefficient (Wildman–Crippen LogP) is 2.55. The molecule has 0 radical (unpaired) electrons. The zero-order valence-electron chi connectivity index (χ0n) is 16.9. The quantitative estimate of drug-likeness (QED) is 0.335. The fraction of sp³-hybridized carbons (Fsp3) is 0.667. The molecule has 2 aromatic heterocycles. The average molecular weight is 514 g/mol. The first-order valence-electron chi connectivity index (χ1n) is 9.75. The second-order valence-corrected chi connectivity index (χ2v) is 15.6. The van der Waals surface area contributed by atoms with Crippen LogP contribution in [0.1, 0.15) is 12.8 Å². The fourth-order valence-corrected chi connectivity index (χ4v) is 5.35. The molecule has 28 heavy (non-hydrogen) atoms. The summed E-state index contributed by atoms with van der Waals surface area (Å²) in [6.45, 7) is 8.92. The number of nitrogens with zero attached hydrogens (tertiary/aromatic N) is 6. The lowest BCUT2D eigenvalue weighted by molar-refractivity contribution is -0.132. The summed E-state index contributed by atoms with van der Waals surface area (Å²) in [5.41, 5.74) is 1.69. The molecule has 2 aliphatic rings. The first-order valence-corrected chi connectivity index (χ1v) is 14.5. The number of hydrogen-bond donors (Lipinski definition) is 0. The minimum Gasteiger partial charge on any atom is -0.360 e. The molecule has 1 amide bonds. The second kappa shape index (κ2) is 7.52. The van der Waals surface area contributed by atoms with Gasteiger partial charge in [-0.15, -0.1) is 0 Å². The van der Waals surface area contributed by atoms with Crippen molar-refractivity contribution in [3.8, 4) is 0 Å². The van der Waals surface area contributed by atoms with Crippen LogP contribution in [-0.2, 0) is 16.3 Å². The van der Waals surface area contributed by atoms with Crippen LogP contribution in [0.5, 0.6) is 0 Å². The van der Waals surface area contributed by atoms with Crippen molar-refractivity contribution in [3.05, 3.63) is 9.90 Å². The van der Waals surface area contributed by atoms with Crippen molar-refractivity contribution in [2.75, 3.05) is 25.1 Å². The van der Waals surface area contributed by atoms with Gasteiger partial charge in [-0.2, -0.15) is 5.10 Å². The summed E-state index contributed by atoms with van der Waals surface area (Å²) in [7, 11) is 0.773. The van der Waals surface area contributed by atoms with Crippen molar-refractivity contribution in [2.24, 2.45) is 0 Å². The molecule has 0 spiro atoms. The Balaban J connectivity index is 1.54. The number of halogens is 1. The molecule has 2 aliphatic heterocycles. The highest BCUT2D eigenvalue weighted by Gasteiger charge is 2.45. The van der Waals surface area contributed by atoms with Gasteiger partial charge in [-0.05, 0) is 41.5 Å². The van der Waals surface area contributed by atoms with Crippen LogP contribution in [0.25, 0.3) is 11.0 Å². The van der Waals surface area contributed by atoms with E-state index in [0.717, 1.165) is 46.8 Å². The normalized spacial score (nSPS) is 22.5. The third-order valence-corrected chi connectivity index (χ3v) is 7.96. The van der Waals surface area contributed by atoms with Crippen LogP contribution in [-0.4, -0.2) is 70.9 Å². The van der Waals surface area contributed by atoms with E-state index in [1.54, 1.807) is 0 Å². The smallest absolute Gasteiger partial charge is 0.245 e. The zero-order valence-corrected chi connectivity index (χ0v) is 20.0. The Labute approximate surface area is 179 Å². The summed E-state index contributed by atoms with van der Waals surface area (Å²) < 4.78 is 8.51. The number of aromatic nitrogens is 4. The largest absolute Gasteiger partial charge is 0.360 e. The topological polar surface area (TPSA) is 76.4 Å². The molecule has 0 aliphatic carbocycles. The number of ether oxygens (including phenoxy) is 1. The number of hydrogen-bond acceptors (Lipinski definition) is 6. The number of rotatable bonds is 6. The van der Waals surface area contributed by atoms with Crippen molar-refractivity contribution < 1.29 is 9.53 Å². The number of amides is 1. The van der Waals surface area contributed by atoms with Crippen molar-refractivity contribution >= 4 is 53.6 Å². The lowest BCUT2D eigenvalue weighted by Crippen LogP contribution is -2.56. The molecule has 10 heteroatoms. The molecule has 2 saturated heterocycles. The van der Waals surface area contributed by atoms with Gasteiger partial charge < -0.3 is 14.5 Å². The number of likely N-dealkylation sites (N-methyl/N-ethyl adjacent to an activating group) is 1. The first-order chi connectivity index (χ1) is 13.2. The molecule has 0 N–H and O–H groups in total. The maximum Gasteiger partial charge on any atom is 0.245 e. The Morgan fingerprint density at radius 2 is 2.11 bits per heavy atom. The van der Waals surface area contributed by atoms with Gasteiger partial charge in [0, 0.05) is 28.3 Å². The Hall–Kier alpha value is -1.27. The Morgan fingerprint density at radius 3 is 2.86 bits per heavy atom. The van der Waals surface area contributed by atoms with Crippen LogP contribution in [0.3, 0.4) is 0 Å². The highest BCUT2D eigenvalue weighted by atomic mass is 127. The fourth-order valence-electron chi connectivity index (χ4n) is 3.93. The Kier molecular flexibility index (Phi) is 5.38. The van der Waals surface area contributed by atoms with Gasteiger partial charge in [0.25, 0.3) is 0 Å². The molecular formula is C18H27IN6O2Si. The van der Waals surface area contributed by atoms with E-state index in [1.807, 2.05) is 22.8 Å². The molecule has 0 saturated carbocycles. The minimum absolute atomic E-state index is 0.140. The van der Waals surface area contributed by atoms with Crippen LogP contribution in [0.15, 0.2) is 6.20 Å². The maximum atomic E-state index is 12.5. The molecule has 2 fully saturated rings. The first kappa shape index (κ1) is 20.0. The number of piperazine rings is 1. The summed E-state index contributed by atoms with van der Waals surface area (Å²) >= 11 is 2.21. The van der Waals surface area contributed by atoms with Gasteiger partial charge in [-0.3, -0.25) is 4.79 Å². The van der Waals surface area contributed by atoms with Crippen molar-refractivity contribution in [1.29, 1.82) is 0 Å². The summed E-state index contributed by atoms with van der Waals surface area (Å²) in [6, 6.07) is 1.28. The molecular weight excluding hydrogens is 487 g/mol. The summed E-state index contributed by atoms with van der Waals surface area (Å²) in [6.07, 6.45) is 3.69. The van der Waals surface area contributed by atoms with E-state index >= 15 is 0 Å². The Morgan fingerprint density at radius 1 is 1.32 bits per heavy atom. The average Bonchev–Trinajstić information content (AvgIpc) is 3.14. The molecule has 2 aromatic rings. The van der Waals surface area contributed by atoms with E-state index in [1.165, 1.54) is 0 Å². The van der Waals surface area contributed by atoms with E-state index in [-0.39, 0.29) is 11.9 Å². The Bertz CT molecular complexity index is 898. The third kappa shape index (κ3) is 3.77. The van der Waals surface area contributed by atoms with Gasteiger partial charge in [0.2, 0.25) is 11.9 Å². The van der Waals surface area contributed by atoms with Crippen LogP contribution < -0.4 is 4.90 Å². The van der Waals surface area contributed by atoms with E-state index in [9.17, 15) is 4.79 Å². The molecule has 2 atom stereocenters. The number of anilines is 1. The summed E-state index contributed by atoms with van der Waals surface area (Å²) in [4.78, 5) is 25.9. The van der Waals surface area contributed by atoms with Crippen molar-refractivity contribution in [2.45, 2.75) is 57.3 Å². The van der Waals surface area contributed by atoms with Crippen LogP contribution >= 0.6 is 22.6 Å². The number of carbonyl (C=O) groups excluding carboxylic acids is 1. The maximum absolute atomic E-state index is 12.5. The molecule has 2 unspecified atom stereocenters. The minimum atomic E-state index is -1.11. The molecule has 0 aromatic carbocycles. The van der Waals surface area contributed by atoms with Gasteiger partial charge in [0.05, 0.1) is 12.2 Å². The molecule has 2 bridgehead atoms. The van der Waals surface area contributed by atoms with Crippen molar-refractivity contribution in [3.63, 3.8) is 0 Å². The number of carbonyl (C=O) groups is 1. The third-order valence-electron chi connectivity index (χ3n) is 5.53. The van der Waals surface area contributed by atoms with Crippen LogP contribution in [0.2, 0.25) is 25.7 Å². The molecule has 4 rings (SSSR count).